The molecule has 0 aromatic heterocycles. The Morgan fingerprint density at radius 3 is 2.95 bits per heavy atom. The molecule has 7 heteroatoms. The Kier molecular flexibility index (Phi) is 5.71. The van der Waals surface area contributed by atoms with Crippen molar-refractivity contribution in [1.82, 2.24) is 4.31 Å². The fourth-order valence-corrected chi connectivity index (χ4v) is 4.79. The van der Waals surface area contributed by atoms with Gasteiger partial charge in [-0.05, 0) is 55.5 Å². The molecule has 1 fully saturated rings. The molecular weight excluding hydrogens is 324 g/mol. The van der Waals surface area contributed by atoms with E-state index in [-0.39, 0.29) is 12.4 Å². The van der Waals surface area contributed by atoms with Gasteiger partial charge in [-0.2, -0.15) is 4.31 Å². The van der Waals surface area contributed by atoms with Gasteiger partial charge in [-0.3, -0.25) is 0 Å². The zero-order chi connectivity index (χ0) is 14.9. The molecule has 2 aliphatic heterocycles. The second-order valence-electron chi connectivity index (χ2n) is 5.82. The number of rotatable bonds is 4. The highest BCUT2D eigenvalue weighted by molar-refractivity contribution is 7.89. The van der Waals surface area contributed by atoms with Crippen LogP contribution < -0.4 is 10.5 Å². The molecular formula is C15H23ClN2O3S. The average Bonchev–Trinajstić information content (AvgIpc) is 2.95. The van der Waals surface area contributed by atoms with E-state index in [0.717, 1.165) is 37.0 Å². The smallest absolute Gasteiger partial charge is 0.243 e. The van der Waals surface area contributed by atoms with Crippen LogP contribution in [0, 0.1) is 5.92 Å². The SMILES string of the molecule is Cl.NCCC1CCCN(S(=O)(=O)c2ccc3c(c2)CCO3)C1. The molecule has 2 aliphatic rings. The number of halogens is 1. The van der Waals surface area contributed by atoms with Crippen LogP contribution in [0.25, 0.3) is 0 Å². The minimum atomic E-state index is -3.40. The number of sulfonamides is 1. The molecule has 0 saturated carbocycles. The van der Waals surface area contributed by atoms with Crippen LogP contribution in [0.4, 0.5) is 0 Å². The molecule has 0 spiro atoms. The maximum Gasteiger partial charge on any atom is 0.243 e. The number of fused-ring (bicyclic) bond motifs is 1. The Hall–Kier alpha value is -0.820. The summed E-state index contributed by atoms with van der Waals surface area (Å²) in [6.07, 6.45) is 3.66. The van der Waals surface area contributed by atoms with Gasteiger partial charge in [0.1, 0.15) is 5.75 Å². The van der Waals surface area contributed by atoms with Crippen LogP contribution in [0.3, 0.4) is 0 Å². The van der Waals surface area contributed by atoms with Crippen LogP contribution in [-0.4, -0.2) is 39.0 Å². The van der Waals surface area contributed by atoms with E-state index in [0.29, 0.717) is 37.1 Å². The quantitative estimate of drug-likeness (QED) is 0.902. The molecule has 1 atom stereocenters. The molecule has 2 N–H and O–H groups in total. The lowest BCUT2D eigenvalue weighted by Crippen LogP contribution is -2.40. The maximum absolute atomic E-state index is 12.8. The van der Waals surface area contributed by atoms with E-state index >= 15 is 0 Å². The topological polar surface area (TPSA) is 72.6 Å². The second kappa shape index (κ2) is 7.17. The lowest BCUT2D eigenvalue weighted by atomic mass is 9.96. The normalized spacial score (nSPS) is 21.8. The van der Waals surface area contributed by atoms with Crippen LogP contribution in [-0.2, 0) is 16.4 Å². The predicted molar refractivity (Wildman–Crippen MR) is 88.0 cm³/mol. The number of benzene rings is 1. The van der Waals surface area contributed by atoms with Gasteiger partial charge in [0.2, 0.25) is 10.0 Å². The summed E-state index contributed by atoms with van der Waals surface area (Å²) in [5.74, 6) is 1.20. The zero-order valence-corrected chi connectivity index (χ0v) is 14.2. The fraction of sp³-hybridized carbons (Fsp3) is 0.600. The van der Waals surface area contributed by atoms with Gasteiger partial charge in [-0.25, -0.2) is 8.42 Å². The van der Waals surface area contributed by atoms with Crippen molar-refractivity contribution in [3.8, 4) is 5.75 Å². The van der Waals surface area contributed by atoms with Crippen LogP contribution in [0.1, 0.15) is 24.8 Å². The molecule has 3 rings (SSSR count). The van der Waals surface area contributed by atoms with Gasteiger partial charge < -0.3 is 10.5 Å². The van der Waals surface area contributed by atoms with Crippen molar-refractivity contribution in [3.05, 3.63) is 23.8 Å². The van der Waals surface area contributed by atoms with Gasteiger partial charge in [0, 0.05) is 19.5 Å². The zero-order valence-electron chi connectivity index (χ0n) is 12.5. The van der Waals surface area contributed by atoms with Crippen LogP contribution in [0.2, 0.25) is 0 Å². The van der Waals surface area contributed by atoms with Gasteiger partial charge >= 0.3 is 0 Å². The second-order valence-corrected chi connectivity index (χ2v) is 7.75. The fourth-order valence-electron chi connectivity index (χ4n) is 3.19. The summed E-state index contributed by atoms with van der Waals surface area (Å²) in [6, 6.07) is 5.20. The van der Waals surface area contributed by atoms with Crippen molar-refractivity contribution in [2.45, 2.75) is 30.6 Å². The molecule has 1 aromatic carbocycles. The van der Waals surface area contributed by atoms with Crippen LogP contribution in [0.15, 0.2) is 23.1 Å². The maximum atomic E-state index is 12.8. The minimum Gasteiger partial charge on any atom is -0.493 e. The Labute approximate surface area is 138 Å². The molecule has 22 heavy (non-hydrogen) atoms. The summed E-state index contributed by atoms with van der Waals surface area (Å²) < 4.78 is 32.6. The first-order valence-corrected chi connectivity index (χ1v) is 9.01. The van der Waals surface area contributed by atoms with E-state index in [1.807, 2.05) is 0 Å². The third-order valence-corrected chi connectivity index (χ3v) is 6.22. The third kappa shape index (κ3) is 3.40. The first kappa shape index (κ1) is 17.5. The highest BCUT2D eigenvalue weighted by atomic mass is 35.5. The summed E-state index contributed by atoms with van der Waals surface area (Å²) in [7, 11) is -3.40. The number of nitrogens with zero attached hydrogens (tertiary/aromatic N) is 1. The van der Waals surface area contributed by atoms with Crippen molar-refractivity contribution in [3.63, 3.8) is 0 Å². The summed E-state index contributed by atoms with van der Waals surface area (Å²) in [5, 5.41) is 0. The first-order chi connectivity index (χ1) is 10.1. The highest BCUT2D eigenvalue weighted by Crippen LogP contribution is 2.30. The van der Waals surface area contributed by atoms with E-state index in [2.05, 4.69) is 0 Å². The van der Waals surface area contributed by atoms with Crippen LogP contribution >= 0.6 is 12.4 Å². The van der Waals surface area contributed by atoms with Crippen molar-refractivity contribution in [2.24, 2.45) is 11.7 Å². The van der Waals surface area contributed by atoms with E-state index < -0.39 is 10.0 Å². The number of nitrogens with two attached hydrogens (primary N) is 1. The Balaban J connectivity index is 0.00000176. The minimum absolute atomic E-state index is 0. The van der Waals surface area contributed by atoms with Crippen LogP contribution in [0.5, 0.6) is 5.75 Å². The monoisotopic (exact) mass is 346 g/mol. The van der Waals surface area contributed by atoms with Crippen molar-refractivity contribution < 1.29 is 13.2 Å². The molecule has 1 unspecified atom stereocenters. The summed E-state index contributed by atoms with van der Waals surface area (Å²) in [5.41, 5.74) is 6.60. The van der Waals surface area contributed by atoms with Gasteiger partial charge in [0.25, 0.3) is 0 Å². The van der Waals surface area contributed by atoms with Crippen molar-refractivity contribution in [1.29, 1.82) is 0 Å². The van der Waals surface area contributed by atoms with Gasteiger partial charge in [0.05, 0.1) is 11.5 Å². The predicted octanol–water partition coefficient (Wildman–Crippen LogP) is 1.79. The first-order valence-electron chi connectivity index (χ1n) is 7.57. The van der Waals surface area contributed by atoms with Gasteiger partial charge in [-0.1, -0.05) is 0 Å². The van der Waals surface area contributed by atoms with Crippen molar-refractivity contribution >= 4 is 22.4 Å². The number of hydrogen-bond donors (Lipinski definition) is 1. The molecule has 0 amide bonds. The number of ether oxygens (including phenoxy) is 1. The summed E-state index contributed by atoms with van der Waals surface area (Å²) in [6.45, 7) is 2.46. The summed E-state index contributed by atoms with van der Waals surface area (Å²) in [4.78, 5) is 0.389. The van der Waals surface area contributed by atoms with Gasteiger partial charge in [-0.15, -0.1) is 12.4 Å². The standard InChI is InChI=1S/C15H22N2O3S.ClH/c16-7-5-12-2-1-8-17(11-12)21(18,19)14-3-4-15-13(10-14)6-9-20-15;/h3-4,10,12H,1-2,5-9,11,16H2;1H. The molecule has 0 aliphatic carbocycles. The average molecular weight is 347 g/mol. The Morgan fingerprint density at radius 2 is 2.18 bits per heavy atom. The number of hydrogen-bond acceptors (Lipinski definition) is 4. The lowest BCUT2D eigenvalue weighted by Gasteiger charge is -2.31. The largest absolute Gasteiger partial charge is 0.493 e. The van der Waals surface area contributed by atoms with Crippen molar-refractivity contribution in [2.75, 3.05) is 26.2 Å². The highest BCUT2D eigenvalue weighted by Gasteiger charge is 2.30. The molecule has 0 radical (unpaired) electrons. The lowest BCUT2D eigenvalue weighted by molar-refractivity contribution is 0.258. The Bertz CT molecular complexity index is 619. The molecule has 1 aromatic rings. The molecule has 0 bridgehead atoms. The Morgan fingerprint density at radius 1 is 1.36 bits per heavy atom. The van der Waals surface area contributed by atoms with E-state index in [4.69, 9.17) is 10.5 Å². The molecule has 1 saturated heterocycles. The van der Waals surface area contributed by atoms with E-state index in [9.17, 15) is 8.42 Å². The molecule has 124 valence electrons. The van der Waals surface area contributed by atoms with Gasteiger partial charge in [0.15, 0.2) is 0 Å². The molecule has 5 nitrogen and oxygen atoms in total. The third-order valence-electron chi connectivity index (χ3n) is 4.36. The van der Waals surface area contributed by atoms with E-state index in [1.54, 1.807) is 22.5 Å². The molecule has 2 heterocycles. The summed E-state index contributed by atoms with van der Waals surface area (Å²) >= 11 is 0. The number of piperidine rings is 1. The van der Waals surface area contributed by atoms with E-state index in [1.165, 1.54) is 0 Å².